The molecule has 35 valence electrons. The molecule has 0 heterocycles. The zero-order valence-corrected chi connectivity index (χ0v) is 4.16. The maximum absolute atomic E-state index is 9.38. The maximum atomic E-state index is 9.38. The van der Waals surface area contributed by atoms with Gasteiger partial charge in [-0.2, -0.15) is 0 Å². The van der Waals surface area contributed by atoms with E-state index in [9.17, 15) is 4.79 Å². The van der Waals surface area contributed by atoms with Gasteiger partial charge < -0.3 is 0 Å². The number of carbonyl (C=O) groups excluding carboxylic acids is 1. The highest BCUT2D eigenvalue weighted by molar-refractivity contribution is 6.17. The standard InChI is InChI=1S/C4H6ClO/c5-3-1-2-4-6/h1-3H2. The van der Waals surface area contributed by atoms with Crippen LogP contribution in [0.1, 0.15) is 12.8 Å². The summed E-state index contributed by atoms with van der Waals surface area (Å²) in [6.45, 7) is 0. The monoisotopic (exact) mass is 105 g/mol. The van der Waals surface area contributed by atoms with Gasteiger partial charge in [-0.05, 0) is 6.42 Å². The summed E-state index contributed by atoms with van der Waals surface area (Å²) in [6.07, 6.45) is 2.96. The van der Waals surface area contributed by atoms with Crippen molar-refractivity contribution in [2.24, 2.45) is 0 Å². The van der Waals surface area contributed by atoms with Crippen LogP contribution in [0.25, 0.3) is 0 Å². The summed E-state index contributed by atoms with van der Waals surface area (Å²) in [6, 6.07) is 0. The Morgan fingerprint density at radius 2 is 2.33 bits per heavy atom. The molecular weight excluding hydrogens is 99.5 g/mol. The summed E-state index contributed by atoms with van der Waals surface area (Å²) in [5.41, 5.74) is 0. The molecule has 0 spiro atoms. The third-order valence-corrected chi connectivity index (χ3v) is 0.680. The van der Waals surface area contributed by atoms with E-state index in [2.05, 4.69) is 0 Å². The quantitative estimate of drug-likeness (QED) is 0.388. The SMILES string of the molecule is O=[C]CCCCl. The van der Waals surface area contributed by atoms with Gasteiger partial charge in [0.25, 0.3) is 0 Å². The summed E-state index contributed by atoms with van der Waals surface area (Å²) in [7, 11) is 0. The van der Waals surface area contributed by atoms with E-state index in [1.807, 2.05) is 0 Å². The molecule has 0 aliphatic rings. The molecule has 0 fully saturated rings. The summed E-state index contributed by atoms with van der Waals surface area (Å²) < 4.78 is 0. The summed E-state index contributed by atoms with van der Waals surface area (Å²) in [5.74, 6) is 0.565. The topological polar surface area (TPSA) is 17.1 Å². The van der Waals surface area contributed by atoms with Crippen LogP contribution >= 0.6 is 11.6 Å². The van der Waals surface area contributed by atoms with E-state index in [0.29, 0.717) is 12.3 Å². The lowest BCUT2D eigenvalue weighted by molar-refractivity contribution is 0.550. The zero-order valence-electron chi connectivity index (χ0n) is 3.41. The lowest BCUT2D eigenvalue weighted by atomic mass is 10.4. The van der Waals surface area contributed by atoms with Crippen molar-refractivity contribution in [3.8, 4) is 0 Å². The molecule has 1 nitrogen and oxygen atoms in total. The molecular formula is C4H6ClO. The Balaban J connectivity index is 2.49. The number of alkyl halides is 1. The van der Waals surface area contributed by atoms with Crippen LogP contribution < -0.4 is 0 Å². The fourth-order valence-electron chi connectivity index (χ4n) is 0.139. The van der Waals surface area contributed by atoms with Crippen LogP contribution in [0.2, 0.25) is 0 Å². The van der Waals surface area contributed by atoms with Crippen LogP contribution in [0.3, 0.4) is 0 Å². The first-order valence-electron chi connectivity index (χ1n) is 1.82. The Morgan fingerprint density at radius 1 is 1.67 bits per heavy atom. The molecule has 0 amide bonds. The van der Waals surface area contributed by atoms with Crippen LogP contribution in [0, 0.1) is 0 Å². The summed E-state index contributed by atoms with van der Waals surface area (Å²) in [5, 5.41) is 0. The summed E-state index contributed by atoms with van der Waals surface area (Å²) in [4.78, 5) is 9.38. The molecule has 0 aliphatic carbocycles. The van der Waals surface area contributed by atoms with Crippen LogP contribution in [0.4, 0.5) is 0 Å². The van der Waals surface area contributed by atoms with Crippen LogP contribution in [0.5, 0.6) is 0 Å². The van der Waals surface area contributed by atoms with Crippen molar-refractivity contribution in [2.75, 3.05) is 5.88 Å². The Bertz CT molecular complexity index is 36.5. The number of unbranched alkanes of at least 4 members (excludes halogenated alkanes) is 1. The van der Waals surface area contributed by atoms with E-state index in [4.69, 9.17) is 11.6 Å². The van der Waals surface area contributed by atoms with Crippen molar-refractivity contribution in [1.82, 2.24) is 0 Å². The van der Waals surface area contributed by atoms with Gasteiger partial charge in [-0.15, -0.1) is 11.6 Å². The predicted molar refractivity (Wildman–Crippen MR) is 25.6 cm³/mol. The van der Waals surface area contributed by atoms with Gasteiger partial charge >= 0.3 is 0 Å². The van der Waals surface area contributed by atoms with Crippen molar-refractivity contribution in [1.29, 1.82) is 0 Å². The molecule has 1 radical (unpaired) electrons. The Labute approximate surface area is 42.3 Å². The minimum absolute atomic E-state index is 0.476. The van der Waals surface area contributed by atoms with Crippen molar-refractivity contribution in [3.05, 3.63) is 0 Å². The first-order chi connectivity index (χ1) is 2.91. The normalized spacial score (nSPS) is 8.17. The third-order valence-electron chi connectivity index (χ3n) is 0.412. The lowest BCUT2D eigenvalue weighted by Gasteiger charge is -1.76. The van der Waals surface area contributed by atoms with Gasteiger partial charge in [0.05, 0.1) is 0 Å². The Morgan fingerprint density at radius 3 is 2.50 bits per heavy atom. The first kappa shape index (κ1) is 5.96. The predicted octanol–water partition coefficient (Wildman–Crippen LogP) is 1.12. The lowest BCUT2D eigenvalue weighted by Crippen LogP contribution is -1.74. The molecule has 0 aromatic rings. The van der Waals surface area contributed by atoms with E-state index >= 15 is 0 Å². The fraction of sp³-hybridized carbons (Fsp3) is 0.750. The number of halogens is 1. The molecule has 0 rings (SSSR count). The molecule has 0 atom stereocenters. The fourth-order valence-corrected chi connectivity index (χ4v) is 0.273. The highest BCUT2D eigenvalue weighted by Gasteiger charge is 1.78. The van der Waals surface area contributed by atoms with Gasteiger partial charge in [-0.25, -0.2) is 0 Å². The molecule has 0 saturated carbocycles. The van der Waals surface area contributed by atoms with Gasteiger partial charge in [-0.1, -0.05) is 0 Å². The second kappa shape index (κ2) is 4.96. The van der Waals surface area contributed by atoms with Gasteiger partial charge in [-0.3, -0.25) is 4.79 Å². The second-order valence-corrected chi connectivity index (χ2v) is 1.31. The maximum Gasteiger partial charge on any atom is 0.198 e. The van der Waals surface area contributed by atoms with Gasteiger partial charge in [0.2, 0.25) is 0 Å². The number of hydrogen-bond donors (Lipinski definition) is 0. The van der Waals surface area contributed by atoms with Crippen molar-refractivity contribution in [2.45, 2.75) is 12.8 Å². The van der Waals surface area contributed by atoms with Crippen LogP contribution in [-0.2, 0) is 4.79 Å². The molecule has 0 aromatic carbocycles. The third kappa shape index (κ3) is 3.96. The second-order valence-electron chi connectivity index (χ2n) is 0.937. The van der Waals surface area contributed by atoms with Gasteiger partial charge in [0.1, 0.15) is 0 Å². The molecule has 6 heavy (non-hydrogen) atoms. The minimum atomic E-state index is 0.476. The number of hydrogen-bond acceptors (Lipinski definition) is 1. The first-order valence-corrected chi connectivity index (χ1v) is 2.36. The molecule has 2 heteroatoms. The van der Waals surface area contributed by atoms with E-state index in [0.717, 1.165) is 6.42 Å². The van der Waals surface area contributed by atoms with E-state index in [-0.39, 0.29) is 0 Å². The molecule has 0 bridgehead atoms. The van der Waals surface area contributed by atoms with E-state index < -0.39 is 0 Å². The number of rotatable bonds is 3. The zero-order chi connectivity index (χ0) is 4.83. The van der Waals surface area contributed by atoms with Gasteiger partial charge in [0, 0.05) is 12.3 Å². The average molecular weight is 106 g/mol. The van der Waals surface area contributed by atoms with Crippen molar-refractivity contribution >= 4 is 17.9 Å². The van der Waals surface area contributed by atoms with Gasteiger partial charge in [0.15, 0.2) is 6.29 Å². The van der Waals surface area contributed by atoms with Crippen LogP contribution in [0.15, 0.2) is 0 Å². The van der Waals surface area contributed by atoms with E-state index in [1.54, 1.807) is 6.29 Å². The minimum Gasteiger partial charge on any atom is -0.291 e. The molecule has 0 saturated heterocycles. The van der Waals surface area contributed by atoms with Crippen molar-refractivity contribution in [3.63, 3.8) is 0 Å². The molecule has 0 N–H and O–H groups in total. The van der Waals surface area contributed by atoms with Crippen LogP contribution in [-0.4, -0.2) is 12.2 Å². The van der Waals surface area contributed by atoms with Crippen molar-refractivity contribution < 1.29 is 4.79 Å². The highest BCUT2D eigenvalue weighted by atomic mass is 35.5. The molecule has 0 aromatic heterocycles. The molecule has 0 aliphatic heterocycles. The summed E-state index contributed by atoms with van der Waals surface area (Å²) >= 11 is 5.20. The largest absolute Gasteiger partial charge is 0.291 e. The Kier molecular flexibility index (Phi) is 4.93. The van der Waals surface area contributed by atoms with E-state index in [1.165, 1.54) is 0 Å². The average Bonchev–Trinajstić information content (AvgIpc) is 1.61. The smallest absolute Gasteiger partial charge is 0.198 e. The molecule has 0 unspecified atom stereocenters. The Hall–Kier alpha value is -0.0400. The highest BCUT2D eigenvalue weighted by Crippen LogP contribution is 1.85.